The third-order valence-corrected chi connectivity index (χ3v) is 2.73. The largest absolute Gasteiger partial charge is 0.382 e. The summed E-state index contributed by atoms with van der Waals surface area (Å²) in [6.07, 6.45) is 3.68. The molecule has 1 aromatic carbocycles. The summed E-state index contributed by atoms with van der Waals surface area (Å²) >= 11 is 0. The maximum absolute atomic E-state index is 5.59. The number of pyridine rings is 1. The van der Waals surface area contributed by atoms with Gasteiger partial charge in [0, 0.05) is 17.8 Å². The van der Waals surface area contributed by atoms with Crippen LogP contribution in [0.15, 0.2) is 48.8 Å². The summed E-state index contributed by atoms with van der Waals surface area (Å²) in [5.41, 5.74) is 6.60. The number of nitrogens with two attached hydrogens (primary N) is 1. The Hall–Kier alpha value is -2.36. The predicted octanol–water partition coefficient (Wildman–Crippen LogP) is 2.06. The molecule has 0 radical (unpaired) electrons. The van der Waals surface area contributed by atoms with Gasteiger partial charge >= 0.3 is 0 Å². The van der Waals surface area contributed by atoms with Gasteiger partial charge in [0.2, 0.25) is 0 Å². The Morgan fingerprint density at radius 3 is 2.82 bits per heavy atom. The van der Waals surface area contributed by atoms with Crippen LogP contribution in [0.25, 0.3) is 10.8 Å². The van der Waals surface area contributed by atoms with Crippen molar-refractivity contribution in [2.24, 2.45) is 0 Å². The zero-order valence-corrected chi connectivity index (χ0v) is 9.24. The average molecular weight is 224 g/mol. The minimum atomic E-state index is 0.533. The number of hydrogen-bond acceptors (Lipinski definition) is 3. The molecule has 0 bridgehead atoms. The molecule has 0 aliphatic heterocycles. The zero-order valence-electron chi connectivity index (χ0n) is 9.24. The molecule has 0 atom stereocenters. The normalized spacial score (nSPS) is 10.8. The molecule has 0 fully saturated rings. The van der Waals surface area contributed by atoms with E-state index in [0.717, 1.165) is 11.1 Å². The summed E-state index contributed by atoms with van der Waals surface area (Å²) < 4.78 is 1.80. The van der Waals surface area contributed by atoms with Crippen molar-refractivity contribution in [1.82, 2.24) is 14.8 Å². The molecule has 0 saturated heterocycles. The van der Waals surface area contributed by atoms with Crippen molar-refractivity contribution in [3.05, 3.63) is 54.5 Å². The van der Waals surface area contributed by atoms with Gasteiger partial charge in [0.25, 0.3) is 0 Å². The van der Waals surface area contributed by atoms with E-state index < -0.39 is 0 Å². The molecular weight excluding hydrogens is 212 g/mol. The van der Waals surface area contributed by atoms with Crippen LogP contribution in [0.4, 0.5) is 5.82 Å². The lowest BCUT2D eigenvalue weighted by atomic mass is 10.1. The van der Waals surface area contributed by atoms with Gasteiger partial charge in [0.15, 0.2) is 0 Å². The molecule has 2 aromatic heterocycles. The first-order chi connectivity index (χ1) is 8.33. The van der Waals surface area contributed by atoms with Crippen molar-refractivity contribution in [2.45, 2.75) is 6.54 Å². The number of anilines is 1. The van der Waals surface area contributed by atoms with Crippen molar-refractivity contribution in [1.29, 1.82) is 0 Å². The van der Waals surface area contributed by atoms with E-state index in [2.05, 4.69) is 22.2 Å². The first kappa shape index (κ1) is 9.84. The number of fused-ring (bicyclic) bond motifs is 1. The summed E-state index contributed by atoms with van der Waals surface area (Å²) in [6.45, 7) is 0.637. The molecule has 17 heavy (non-hydrogen) atoms. The average Bonchev–Trinajstić information content (AvgIpc) is 2.75. The first-order valence-electron chi connectivity index (χ1n) is 5.44. The third-order valence-electron chi connectivity index (χ3n) is 2.73. The van der Waals surface area contributed by atoms with Crippen LogP contribution >= 0.6 is 0 Å². The highest BCUT2D eigenvalue weighted by molar-refractivity contribution is 5.84. The Bertz CT molecular complexity index is 652. The molecule has 3 aromatic rings. The van der Waals surface area contributed by atoms with Crippen LogP contribution in [0, 0.1) is 0 Å². The van der Waals surface area contributed by atoms with E-state index in [1.54, 1.807) is 10.7 Å². The Labute approximate surface area is 98.7 Å². The Balaban J connectivity index is 2.05. The summed E-state index contributed by atoms with van der Waals surface area (Å²) in [5, 5.41) is 6.52. The van der Waals surface area contributed by atoms with Crippen LogP contribution < -0.4 is 5.73 Å². The maximum Gasteiger partial charge on any atom is 0.145 e. The maximum atomic E-state index is 5.59. The second-order valence-electron chi connectivity index (χ2n) is 3.92. The Morgan fingerprint density at radius 1 is 1.12 bits per heavy atom. The van der Waals surface area contributed by atoms with E-state index >= 15 is 0 Å². The second kappa shape index (κ2) is 3.90. The van der Waals surface area contributed by atoms with Crippen molar-refractivity contribution >= 4 is 16.6 Å². The van der Waals surface area contributed by atoms with Crippen LogP contribution in [-0.2, 0) is 6.54 Å². The van der Waals surface area contributed by atoms with E-state index in [1.165, 1.54) is 5.39 Å². The lowest BCUT2D eigenvalue weighted by Crippen LogP contribution is -2.03. The predicted molar refractivity (Wildman–Crippen MR) is 67.5 cm³/mol. The SMILES string of the molecule is Nc1ccn(Cc2nccc3ccccc23)n1. The van der Waals surface area contributed by atoms with Gasteiger partial charge in [-0.05, 0) is 17.5 Å². The minimum Gasteiger partial charge on any atom is -0.382 e. The number of nitrogen functional groups attached to an aromatic ring is 1. The molecule has 0 aliphatic carbocycles. The van der Waals surface area contributed by atoms with Gasteiger partial charge in [-0.3, -0.25) is 9.67 Å². The van der Waals surface area contributed by atoms with Gasteiger partial charge in [-0.1, -0.05) is 24.3 Å². The number of benzene rings is 1. The quantitative estimate of drug-likeness (QED) is 0.724. The van der Waals surface area contributed by atoms with E-state index in [-0.39, 0.29) is 0 Å². The van der Waals surface area contributed by atoms with Crippen molar-refractivity contribution < 1.29 is 0 Å². The highest BCUT2D eigenvalue weighted by Crippen LogP contribution is 2.17. The van der Waals surface area contributed by atoms with Gasteiger partial charge in [0.05, 0.1) is 12.2 Å². The molecular formula is C13H12N4. The molecule has 4 heteroatoms. The lowest BCUT2D eigenvalue weighted by molar-refractivity contribution is 0.680. The fourth-order valence-corrected chi connectivity index (χ4v) is 1.93. The highest BCUT2D eigenvalue weighted by atomic mass is 15.3. The van der Waals surface area contributed by atoms with Crippen LogP contribution in [0.3, 0.4) is 0 Å². The Kier molecular flexibility index (Phi) is 2.26. The van der Waals surface area contributed by atoms with E-state index in [9.17, 15) is 0 Å². The summed E-state index contributed by atoms with van der Waals surface area (Å²) in [4.78, 5) is 4.41. The molecule has 0 unspecified atom stereocenters. The molecule has 0 aliphatic rings. The Morgan fingerprint density at radius 2 is 2.00 bits per heavy atom. The van der Waals surface area contributed by atoms with E-state index in [1.807, 2.05) is 30.6 Å². The summed E-state index contributed by atoms with van der Waals surface area (Å²) in [7, 11) is 0. The molecule has 0 amide bonds. The second-order valence-corrected chi connectivity index (χ2v) is 3.92. The fraction of sp³-hybridized carbons (Fsp3) is 0.0769. The summed E-state index contributed by atoms with van der Waals surface area (Å²) in [5.74, 6) is 0.533. The van der Waals surface area contributed by atoms with Gasteiger partial charge in [-0.2, -0.15) is 5.10 Å². The number of nitrogens with zero attached hydrogens (tertiary/aromatic N) is 3. The molecule has 0 spiro atoms. The van der Waals surface area contributed by atoms with E-state index in [0.29, 0.717) is 12.4 Å². The number of rotatable bonds is 2. The third kappa shape index (κ3) is 1.85. The highest BCUT2D eigenvalue weighted by Gasteiger charge is 2.03. The van der Waals surface area contributed by atoms with E-state index in [4.69, 9.17) is 5.73 Å². The van der Waals surface area contributed by atoms with Gasteiger partial charge in [-0.15, -0.1) is 0 Å². The number of hydrogen-bond donors (Lipinski definition) is 1. The monoisotopic (exact) mass is 224 g/mol. The van der Waals surface area contributed by atoms with Gasteiger partial charge in [0.1, 0.15) is 5.82 Å². The minimum absolute atomic E-state index is 0.533. The topological polar surface area (TPSA) is 56.7 Å². The van der Waals surface area contributed by atoms with Crippen molar-refractivity contribution in [3.63, 3.8) is 0 Å². The summed E-state index contributed by atoms with van der Waals surface area (Å²) in [6, 6.07) is 12.0. The van der Waals surface area contributed by atoms with Crippen molar-refractivity contribution in [3.8, 4) is 0 Å². The zero-order chi connectivity index (χ0) is 11.7. The van der Waals surface area contributed by atoms with Gasteiger partial charge < -0.3 is 5.73 Å². The standard InChI is InChI=1S/C13H12N4/c14-13-6-8-17(16-13)9-12-11-4-2-1-3-10(11)5-7-15-12/h1-8H,9H2,(H2,14,16). The molecule has 2 heterocycles. The molecule has 84 valence electrons. The van der Waals surface area contributed by atoms with Crippen LogP contribution in [-0.4, -0.2) is 14.8 Å². The first-order valence-corrected chi connectivity index (χ1v) is 5.44. The smallest absolute Gasteiger partial charge is 0.145 e. The molecule has 0 saturated carbocycles. The molecule has 2 N–H and O–H groups in total. The lowest BCUT2D eigenvalue weighted by Gasteiger charge is -2.05. The number of aromatic nitrogens is 3. The van der Waals surface area contributed by atoms with Crippen LogP contribution in [0.2, 0.25) is 0 Å². The fourth-order valence-electron chi connectivity index (χ4n) is 1.93. The van der Waals surface area contributed by atoms with Crippen LogP contribution in [0.1, 0.15) is 5.69 Å². The van der Waals surface area contributed by atoms with Crippen molar-refractivity contribution in [2.75, 3.05) is 5.73 Å². The molecule has 3 rings (SSSR count). The van der Waals surface area contributed by atoms with Gasteiger partial charge in [-0.25, -0.2) is 0 Å². The van der Waals surface area contributed by atoms with Crippen LogP contribution in [0.5, 0.6) is 0 Å². The molecule has 4 nitrogen and oxygen atoms in total.